The monoisotopic (exact) mass is 301 g/mol. The van der Waals surface area contributed by atoms with E-state index in [0.717, 1.165) is 17.1 Å². The summed E-state index contributed by atoms with van der Waals surface area (Å²) >= 11 is 1.83. The lowest BCUT2D eigenvalue weighted by atomic mass is 10.1. The minimum absolute atomic E-state index is 0.0381. The first-order valence-electron chi connectivity index (χ1n) is 6.66. The largest absolute Gasteiger partial charge is 0.409 e. The second-order valence-corrected chi connectivity index (χ2v) is 6.01. The topological polar surface area (TPSA) is 71.5 Å². The third-order valence-corrected chi connectivity index (χ3v) is 4.09. The molecular formula is C16H19N3OS. The molecule has 0 bridgehead atoms. The number of benzene rings is 1. The van der Waals surface area contributed by atoms with Crippen LogP contribution in [0.1, 0.15) is 27.9 Å². The minimum Gasteiger partial charge on any atom is -0.409 e. The Bertz CT molecular complexity index is 635. The number of rotatable bonds is 5. The molecule has 0 atom stereocenters. The van der Waals surface area contributed by atoms with Crippen LogP contribution in [-0.4, -0.2) is 16.0 Å². The molecule has 0 fully saturated rings. The number of aromatic nitrogens is 1. The lowest BCUT2D eigenvalue weighted by Gasteiger charge is -2.06. The van der Waals surface area contributed by atoms with E-state index >= 15 is 0 Å². The quantitative estimate of drug-likeness (QED) is 0.385. The maximum Gasteiger partial charge on any atom is 0.188 e. The van der Waals surface area contributed by atoms with Crippen molar-refractivity contribution < 1.29 is 5.21 Å². The van der Waals surface area contributed by atoms with Gasteiger partial charge >= 0.3 is 0 Å². The molecule has 5 heteroatoms. The molecule has 0 amide bonds. The van der Waals surface area contributed by atoms with Gasteiger partial charge in [0, 0.05) is 17.7 Å². The van der Waals surface area contributed by atoms with E-state index in [1.165, 1.54) is 16.7 Å². The smallest absolute Gasteiger partial charge is 0.188 e. The molecule has 0 spiro atoms. The molecule has 0 aliphatic carbocycles. The Morgan fingerprint density at radius 2 is 1.81 bits per heavy atom. The first kappa shape index (κ1) is 15.4. The number of aryl methyl sites for hydroxylation is 2. The van der Waals surface area contributed by atoms with Gasteiger partial charge in [-0.2, -0.15) is 11.8 Å². The van der Waals surface area contributed by atoms with Gasteiger partial charge < -0.3 is 10.9 Å². The standard InChI is InChI=1S/C16H19N3OS/c1-11-5-12(2)7-14(6-11)10-21-9-13-3-4-18-15(8-13)16(17)19-20/h3-8,20H,9-10H2,1-2H3,(H2,17,19). The van der Waals surface area contributed by atoms with Gasteiger partial charge in [0.2, 0.25) is 0 Å². The average molecular weight is 301 g/mol. The van der Waals surface area contributed by atoms with Crippen molar-refractivity contribution in [3.63, 3.8) is 0 Å². The summed E-state index contributed by atoms with van der Waals surface area (Å²) in [5, 5.41) is 11.6. The second kappa shape index (κ2) is 7.13. The number of hydrogen-bond acceptors (Lipinski definition) is 4. The summed E-state index contributed by atoms with van der Waals surface area (Å²) in [5.41, 5.74) is 11.1. The molecule has 0 saturated carbocycles. The summed E-state index contributed by atoms with van der Waals surface area (Å²) in [6, 6.07) is 10.4. The van der Waals surface area contributed by atoms with Crippen molar-refractivity contribution in [2.45, 2.75) is 25.4 Å². The normalized spacial score (nSPS) is 11.6. The van der Waals surface area contributed by atoms with Gasteiger partial charge in [-0.1, -0.05) is 34.5 Å². The summed E-state index contributed by atoms with van der Waals surface area (Å²) in [4.78, 5) is 4.07. The van der Waals surface area contributed by atoms with Gasteiger partial charge in [-0.05, 0) is 37.1 Å². The summed E-state index contributed by atoms with van der Waals surface area (Å²) in [6.07, 6.45) is 1.68. The van der Waals surface area contributed by atoms with Crippen LogP contribution in [0.2, 0.25) is 0 Å². The molecule has 1 aromatic carbocycles. The predicted molar refractivity (Wildman–Crippen MR) is 87.7 cm³/mol. The van der Waals surface area contributed by atoms with Crippen LogP contribution in [0.4, 0.5) is 0 Å². The summed E-state index contributed by atoms with van der Waals surface area (Å²) < 4.78 is 0. The maximum atomic E-state index is 8.67. The molecule has 4 nitrogen and oxygen atoms in total. The molecule has 0 aliphatic rings. The number of thioether (sulfide) groups is 1. The number of amidine groups is 1. The van der Waals surface area contributed by atoms with Crippen LogP contribution < -0.4 is 5.73 Å². The first-order chi connectivity index (χ1) is 10.1. The number of pyridine rings is 1. The molecule has 0 aliphatic heterocycles. The second-order valence-electron chi connectivity index (χ2n) is 5.02. The highest BCUT2D eigenvalue weighted by molar-refractivity contribution is 7.97. The molecule has 3 N–H and O–H groups in total. The zero-order chi connectivity index (χ0) is 15.2. The molecule has 2 aromatic rings. The van der Waals surface area contributed by atoms with Gasteiger partial charge in [0.25, 0.3) is 0 Å². The van der Waals surface area contributed by atoms with Crippen LogP contribution >= 0.6 is 11.8 Å². The minimum atomic E-state index is 0.0381. The molecular weight excluding hydrogens is 282 g/mol. The zero-order valence-electron chi connectivity index (χ0n) is 12.2. The van der Waals surface area contributed by atoms with Crippen LogP contribution in [0.15, 0.2) is 41.7 Å². The van der Waals surface area contributed by atoms with E-state index < -0.39 is 0 Å². The Labute approximate surface area is 129 Å². The van der Waals surface area contributed by atoms with E-state index in [0.29, 0.717) is 5.69 Å². The number of nitrogens with two attached hydrogens (primary N) is 1. The SMILES string of the molecule is Cc1cc(C)cc(CSCc2ccnc(/C(N)=N/O)c2)c1. The van der Waals surface area contributed by atoms with E-state index in [-0.39, 0.29) is 5.84 Å². The molecule has 1 aromatic heterocycles. The molecule has 1 heterocycles. The third-order valence-electron chi connectivity index (χ3n) is 3.01. The van der Waals surface area contributed by atoms with E-state index in [1.54, 1.807) is 6.20 Å². The maximum absolute atomic E-state index is 8.67. The fraction of sp³-hybridized carbons (Fsp3) is 0.250. The van der Waals surface area contributed by atoms with Crippen LogP contribution in [0.5, 0.6) is 0 Å². The van der Waals surface area contributed by atoms with Gasteiger partial charge in [-0.15, -0.1) is 0 Å². The van der Waals surface area contributed by atoms with Crippen molar-refractivity contribution in [1.29, 1.82) is 0 Å². The van der Waals surface area contributed by atoms with Crippen molar-refractivity contribution in [3.8, 4) is 0 Å². The number of nitrogens with zero attached hydrogens (tertiary/aromatic N) is 2. The van der Waals surface area contributed by atoms with Crippen LogP contribution in [0.25, 0.3) is 0 Å². The molecule has 0 radical (unpaired) electrons. The summed E-state index contributed by atoms with van der Waals surface area (Å²) in [5.74, 6) is 1.86. The Kier molecular flexibility index (Phi) is 5.22. The Morgan fingerprint density at radius 3 is 2.48 bits per heavy atom. The summed E-state index contributed by atoms with van der Waals surface area (Å²) in [7, 11) is 0. The van der Waals surface area contributed by atoms with Crippen molar-refractivity contribution in [1.82, 2.24) is 4.98 Å². The number of oxime groups is 1. The van der Waals surface area contributed by atoms with Gasteiger partial charge in [-0.25, -0.2) is 0 Å². The Morgan fingerprint density at radius 1 is 1.14 bits per heavy atom. The average Bonchev–Trinajstić information content (AvgIpc) is 2.46. The van der Waals surface area contributed by atoms with E-state index in [2.05, 4.69) is 42.2 Å². The van der Waals surface area contributed by atoms with Crippen LogP contribution in [0, 0.1) is 13.8 Å². The first-order valence-corrected chi connectivity index (χ1v) is 7.81. The number of hydrogen-bond donors (Lipinski definition) is 2. The highest BCUT2D eigenvalue weighted by atomic mass is 32.2. The fourth-order valence-corrected chi connectivity index (χ4v) is 3.11. The molecule has 2 rings (SSSR count). The van der Waals surface area contributed by atoms with Crippen molar-refractivity contribution in [2.24, 2.45) is 10.9 Å². The van der Waals surface area contributed by atoms with E-state index in [4.69, 9.17) is 10.9 Å². The van der Waals surface area contributed by atoms with Crippen molar-refractivity contribution >= 4 is 17.6 Å². The van der Waals surface area contributed by atoms with E-state index in [1.807, 2.05) is 23.9 Å². The van der Waals surface area contributed by atoms with Gasteiger partial charge in [-0.3, -0.25) is 4.98 Å². The fourth-order valence-electron chi connectivity index (χ4n) is 2.19. The highest BCUT2D eigenvalue weighted by Gasteiger charge is 2.03. The predicted octanol–water partition coefficient (Wildman–Crippen LogP) is 3.23. The van der Waals surface area contributed by atoms with E-state index in [9.17, 15) is 0 Å². The van der Waals surface area contributed by atoms with Gasteiger partial charge in [0.15, 0.2) is 5.84 Å². The lowest BCUT2D eigenvalue weighted by molar-refractivity contribution is 0.318. The zero-order valence-corrected chi connectivity index (χ0v) is 13.0. The van der Waals surface area contributed by atoms with Gasteiger partial charge in [0.05, 0.1) is 0 Å². The molecule has 110 valence electrons. The molecule has 0 saturated heterocycles. The van der Waals surface area contributed by atoms with Crippen LogP contribution in [-0.2, 0) is 11.5 Å². The van der Waals surface area contributed by atoms with Gasteiger partial charge in [0.1, 0.15) is 5.69 Å². The Hall–Kier alpha value is -2.01. The molecule has 21 heavy (non-hydrogen) atoms. The van der Waals surface area contributed by atoms with Crippen molar-refractivity contribution in [3.05, 3.63) is 64.5 Å². The van der Waals surface area contributed by atoms with Crippen LogP contribution in [0.3, 0.4) is 0 Å². The highest BCUT2D eigenvalue weighted by Crippen LogP contribution is 2.20. The lowest BCUT2D eigenvalue weighted by Crippen LogP contribution is -2.15. The molecule has 0 unspecified atom stereocenters. The Balaban J connectivity index is 1.97. The van der Waals surface area contributed by atoms with Crippen molar-refractivity contribution in [2.75, 3.05) is 0 Å². The third kappa shape index (κ3) is 4.49. The summed E-state index contributed by atoms with van der Waals surface area (Å²) in [6.45, 7) is 4.24.